The SMILES string of the molecule is CCNC(C)c1cccc(OCCCSCC)c1. The van der Waals surface area contributed by atoms with Crippen LogP contribution in [0.1, 0.15) is 38.8 Å². The molecule has 0 saturated carbocycles. The number of hydrogen-bond acceptors (Lipinski definition) is 3. The molecule has 0 aliphatic rings. The van der Waals surface area contributed by atoms with Crippen LogP contribution >= 0.6 is 11.8 Å². The second kappa shape index (κ2) is 9.29. The summed E-state index contributed by atoms with van der Waals surface area (Å²) in [6.45, 7) is 8.30. The van der Waals surface area contributed by atoms with E-state index in [1.54, 1.807) is 0 Å². The summed E-state index contributed by atoms with van der Waals surface area (Å²) >= 11 is 1.97. The van der Waals surface area contributed by atoms with E-state index in [0.717, 1.165) is 25.3 Å². The molecule has 3 heteroatoms. The normalized spacial score (nSPS) is 12.4. The van der Waals surface area contributed by atoms with Crippen molar-refractivity contribution in [2.75, 3.05) is 24.7 Å². The summed E-state index contributed by atoms with van der Waals surface area (Å²) in [6, 6.07) is 8.77. The van der Waals surface area contributed by atoms with E-state index in [9.17, 15) is 0 Å². The Hall–Kier alpha value is -0.670. The van der Waals surface area contributed by atoms with E-state index in [-0.39, 0.29) is 0 Å². The average molecular weight is 267 g/mol. The van der Waals surface area contributed by atoms with Crippen molar-refractivity contribution in [2.45, 2.75) is 33.2 Å². The molecule has 2 nitrogen and oxygen atoms in total. The Bertz CT molecular complexity index is 330. The van der Waals surface area contributed by atoms with Crippen LogP contribution in [0.5, 0.6) is 5.75 Å². The van der Waals surface area contributed by atoms with Crippen molar-refractivity contribution in [3.8, 4) is 5.75 Å². The van der Waals surface area contributed by atoms with Gasteiger partial charge >= 0.3 is 0 Å². The first-order chi connectivity index (χ1) is 8.77. The van der Waals surface area contributed by atoms with Crippen molar-refractivity contribution in [1.29, 1.82) is 0 Å². The Kier molecular flexibility index (Phi) is 7.94. The van der Waals surface area contributed by atoms with E-state index < -0.39 is 0 Å². The summed E-state index contributed by atoms with van der Waals surface area (Å²) in [6.07, 6.45) is 1.12. The number of hydrogen-bond donors (Lipinski definition) is 1. The molecule has 0 aliphatic heterocycles. The van der Waals surface area contributed by atoms with Crippen molar-refractivity contribution < 1.29 is 4.74 Å². The molecule has 102 valence electrons. The van der Waals surface area contributed by atoms with Gasteiger partial charge < -0.3 is 10.1 Å². The number of rotatable bonds is 9. The summed E-state index contributed by atoms with van der Waals surface area (Å²) in [5.74, 6) is 3.36. The fourth-order valence-corrected chi connectivity index (χ4v) is 2.40. The Morgan fingerprint density at radius 1 is 1.33 bits per heavy atom. The molecule has 0 radical (unpaired) electrons. The van der Waals surface area contributed by atoms with Crippen molar-refractivity contribution in [3.63, 3.8) is 0 Å². The molecule has 0 aliphatic carbocycles. The molecule has 1 aromatic rings. The molecular formula is C15H25NOS. The second-order valence-corrected chi connectivity index (χ2v) is 5.64. The topological polar surface area (TPSA) is 21.3 Å². The molecule has 0 saturated heterocycles. The van der Waals surface area contributed by atoms with Gasteiger partial charge in [-0.05, 0) is 49.1 Å². The van der Waals surface area contributed by atoms with Gasteiger partial charge in [0.1, 0.15) is 5.75 Å². The van der Waals surface area contributed by atoms with Gasteiger partial charge in [0.25, 0.3) is 0 Å². The minimum atomic E-state index is 0.384. The minimum absolute atomic E-state index is 0.384. The summed E-state index contributed by atoms with van der Waals surface area (Å²) < 4.78 is 5.78. The fraction of sp³-hybridized carbons (Fsp3) is 0.600. The maximum Gasteiger partial charge on any atom is 0.119 e. The molecular weight excluding hydrogens is 242 g/mol. The Balaban J connectivity index is 2.39. The van der Waals surface area contributed by atoms with Gasteiger partial charge in [-0.25, -0.2) is 0 Å². The maximum absolute atomic E-state index is 5.78. The average Bonchev–Trinajstić information content (AvgIpc) is 2.39. The third kappa shape index (κ3) is 5.78. The first-order valence-electron chi connectivity index (χ1n) is 6.81. The van der Waals surface area contributed by atoms with Crippen LogP contribution in [0.4, 0.5) is 0 Å². The second-order valence-electron chi connectivity index (χ2n) is 4.25. The zero-order valence-electron chi connectivity index (χ0n) is 11.7. The van der Waals surface area contributed by atoms with Gasteiger partial charge in [0.2, 0.25) is 0 Å². The van der Waals surface area contributed by atoms with E-state index in [1.165, 1.54) is 17.1 Å². The molecule has 1 N–H and O–H groups in total. The van der Waals surface area contributed by atoms with Gasteiger partial charge in [0.05, 0.1) is 6.61 Å². The predicted octanol–water partition coefficient (Wildman–Crippen LogP) is 3.88. The van der Waals surface area contributed by atoms with Crippen LogP contribution in [0.3, 0.4) is 0 Å². The molecule has 18 heavy (non-hydrogen) atoms. The van der Waals surface area contributed by atoms with Crippen LogP contribution in [0.15, 0.2) is 24.3 Å². The number of nitrogens with one attached hydrogen (secondary N) is 1. The standard InChI is InChI=1S/C15H25NOS/c1-4-16-13(3)14-8-6-9-15(12-14)17-10-7-11-18-5-2/h6,8-9,12-13,16H,4-5,7,10-11H2,1-3H3. The van der Waals surface area contributed by atoms with Crippen molar-refractivity contribution in [1.82, 2.24) is 5.32 Å². The lowest BCUT2D eigenvalue weighted by Crippen LogP contribution is -2.17. The molecule has 0 heterocycles. The van der Waals surface area contributed by atoms with Gasteiger partial charge in [-0.1, -0.05) is 26.0 Å². The Morgan fingerprint density at radius 3 is 2.89 bits per heavy atom. The van der Waals surface area contributed by atoms with E-state index in [2.05, 4.69) is 44.3 Å². The zero-order chi connectivity index (χ0) is 13.2. The molecule has 0 aromatic heterocycles. The lowest BCUT2D eigenvalue weighted by molar-refractivity contribution is 0.318. The molecule has 0 amide bonds. The minimum Gasteiger partial charge on any atom is -0.494 e. The first-order valence-corrected chi connectivity index (χ1v) is 7.97. The van der Waals surface area contributed by atoms with Crippen LogP contribution in [0.25, 0.3) is 0 Å². The third-order valence-electron chi connectivity index (χ3n) is 2.77. The van der Waals surface area contributed by atoms with Crippen LogP contribution in [0, 0.1) is 0 Å². The lowest BCUT2D eigenvalue weighted by Gasteiger charge is -2.14. The third-order valence-corrected chi connectivity index (χ3v) is 3.76. The molecule has 1 unspecified atom stereocenters. The van der Waals surface area contributed by atoms with E-state index >= 15 is 0 Å². The van der Waals surface area contributed by atoms with E-state index in [4.69, 9.17) is 4.74 Å². The number of benzene rings is 1. The van der Waals surface area contributed by atoms with E-state index in [0.29, 0.717) is 6.04 Å². The van der Waals surface area contributed by atoms with Crippen molar-refractivity contribution in [2.24, 2.45) is 0 Å². The highest BCUT2D eigenvalue weighted by Crippen LogP contribution is 2.19. The highest BCUT2D eigenvalue weighted by molar-refractivity contribution is 7.99. The van der Waals surface area contributed by atoms with Crippen LogP contribution in [-0.2, 0) is 0 Å². The number of ether oxygens (including phenoxy) is 1. The van der Waals surface area contributed by atoms with Gasteiger partial charge in [-0.2, -0.15) is 11.8 Å². The number of thioether (sulfide) groups is 1. The highest BCUT2D eigenvalue weighted by atomic mass is 32.2. The van der Waals surface area contributed by atoms with Gasteiger partial charge in [0, 0.05) is 6.04 Å². The van der Waals surface area contributed by atoms with Crippen molar-refractivity contribution in [3.05, 3.63) is 29.8 Å². The van der Waals surface area contributed by atoms with Gasteiger partial charge in [-0.3, -0.25) is 0 Å². The summed E-state index contributed by atoms with van der Waals surface area (Å²) in [5, 5.41) is 3.41. The monoisotopic (exact) mass is 267 g/mol. The first kappa shape index (κ1) is 15.4. The molecule has 1 rings (SSSR count). The zero-order valence-corrected chi connectivity index (χ0v) is 12.6. The van der Waals surface area contributed by atoms with Crippen LogP contribution < -0.4 is 10.1 Å². The van der Waals surface area contributed by atoms with Crippen LogP contribution in [-0.4, -0.2) is 24.7 Å². The van der Waals surface area contributed by atoms with E-state index in [1.807, 2.05) is 17.8 Å². The van der Waals surface area contributed by atoms with Crippen molar-refractivity contribution >= 4 is 11.8 Å². The van der Waals surface area contributed by atoms with Gasteiger partial charge in [-0.15, -0.1) is 0 Å². The summed E-state index contributed by atoms with van der Waals surface area (Å²) in [5.41, 5.74) is 1.29. The summed E-state index contributed by atoms with van der Waals surface area (Å²) in [7, 11) is 0. The highest BCUT2D eigenvalue weighted by Gasteiger charge is 2.04. The summed E-state index contributed by atoms with van der Waals surface area (Å²) in [4.78, 5) is 0. The fourth-order valence-electron chi connectivity index (χ4n) is 1.79. The lowest BCUT2D eigenvalue weighted by atomic mass is 10.1. The molecule has 1 aromatic carbocycles. The molecule has 0 bridgehead atoms. The predicted molar refractivity (Wildman–Crippen MR) is 81.6 cm³/mol. The Labute approximate surface area is 116 Å². The van der Waals surface area contributed by atoms with Gasteiger partial charge in [0.15, 0.2) is 0 Å². The molecule has 1 atom stereocenters. The smallest absolute Gasteiger partial charge is 0.119 e. The molecule has 0 fully saturated rings. The largest absolute Gasteiger partial charge is 0.494 e. The molecule has 0 spiro atoms. The van der Waals surface area contributed by atoms with Crippen LogP contribution in [0.2, 0.25) is 0 Å². The Morgan fingerprint density at radius 2 is 2.17 bits per heavy atom. The quantitative estimate of drug-likeness (QED) is 0.686. The maximum atomic E-state index is 5.78.